The third kappa shape index (κ3) is 2.24. The molecule has 0 bridgehead atoms. The summed E-state index contributed by atoms with van der Waals surface area (Å²) in [6.45, 7) is 0. The maximum absolute atomic E-state index is 12.6. The number of ether oxygens (including phenoxy) is 1. The second-order valence-electron chi connectivity index (χ2n) is 4.38. The van der Waals surface area contributed by atoms with Crippen LogP contribution >= 0.6 is 11.8 Å². The number of Topliss-reactive ketones (excluding diaryl/α,β-unsaturated/α-hetero) is 1. The lowest BCUT2D eigenvalue weighted by Gasteiger charge is -2.10. The van der Waals surface area contributed by atoms with Gasteiger partial charge in [0.05, 0.1) is 19.2 Å². The zero-order valence-electron chi connectivity index (χ0n) is 10.5. The van der Waals surface area contributed by atoms with E-state index in [1.807, 2.05) is 18.2 Å². The number of aromatic nitrogens is 1. The van der Waals surface area contributed by atoms with E-state index in [4.69, 9.17) is 4.74 Å². The molecule has 0 radical (unpaired) electrons. The third-order valence-corrected chi connectivity index (χ3v) is 4.43. The van der Waals surface area contributed by atoms with Crippen molar-refractivity contribution in [2.75, 3.05) is 12.9 Å². The minimum absolute atomic E-state index is 0.0740. The van der Waals surface area contributed by atoms with Crippen LogP contribution < -0.4 is 4.74 Å². The van der Waals surface area contributed by atoms with E-state index in [1.165, 1.54) is 4.90 Å². The van der Waals surface area contributed by atoms with Gasteiger partial charge in [-0.1, -0.05) is 18.2 Å². The van der Waals surface area contributed by atoms with Crippen LogP contribution in [0.1, 0.15) is 21.8 Å². The Hall–Kier alpha value is -1.81. The molecule has 3 nitrogen and oxygen atoms in total. The van der Waals surface area contributed by atoms with Gasteiger partial charge in [0, 0.05) is 22.4 Å². The SMILES string of the molecule is COc1cncc(C(=O)C2CSc3ccccc32)c1. The summed E-state index contributed by atoms with van der Waals surface area (Å²) in [7, 11) is 1.58. The Bertz CT molecular complexity index is 627. The molecule has 0 saturated carbocycles. The maximum atomic E-state index is 12.6. The van der Waals surface area contributed by atoms with Crippen molar-refractivity contribution in [3.8, 4) is 5.75 Å². The summed E-state index contributed by atoms with van der Waals surface area (Å²) in [6.07, 6.45) is 3.21. The number of hydrogen-bond donors (Lipinski definition) is 0. The average Bonchev–Trinajstić information content (AvgIpc) is 2.90. The smallest absolute Gasteiger partial charge is 0.172 e. The largest absolute Gasteiger partial charge is 0.495 e. The molecule has 19 heavy (non-hydrogen) atoms. The van der Waals surface area contributed by atoms with E-state index < -0.39 is 0 Å². The Morgan fingerprint density at radius 3 is 3.05 bits per heavy atom. The fourth-order valence-electron chi connectivity index (χ4n) is 2.25. The molecule has 1 aliphatic rings. The zero-order valence-corrected chi connectivity index (χ0v) is 11.3. The number of thioether (sulfide) groups is 1. The second-order valence-corrected chi connectivity index (χ2v) is 5.44. The molecule has 1 atom stereocenters. The third-order valence-electron chi connectivity index (χ3n) is 3.25. The first kappa shape index (κ1) is 12.2. The van der Waals surface area contributed by atoms with Gasteiger partial charge in [0.25, 0.3) is 0 Å². The van der Waals surface area contributed by atoms with Gasteiger partial charge >= 0.3 is 0 Å². The lowest BCUT2D eigenvalue weighted by molar-refractivity contribution is 0.0967. The molecule has 2 aromatic rings. The number of rotatable bonds is 3. The van der Waals surface area contributed by atoms with Crippen LogP contribution in [0.2, 0.25) is 0 Å². The van der Waals surface area contributed by atoms with E-state index >= 15 is 0 Å². The normalized spacial score (nSPS) is 17.0. The van der Waals surface area contributed by atoms with Crippen molar-refractivity contribution in [2.24, 2.45) is 0 Å². The van der Waals surface area contributed by atoms with E-state index in [0.717, 1.165) is 11.3 Å². The van der Waals surface area contributed by atoms with E-state index in [-0.39, 0.29) is 11.7 Å². The molecular weight excluding hydrogens is 258 g/mol. The summed E-state index contributed by atoms with van der Waals surface area (Å²) in [5.41, 5.74) is 1.74. The highest BCUT2D eigenvalue weighted by Gasteiger charge is 2.29. The van der Waals surface area contributed by atoms with Crippen LogP contribution in [-0.2, 0) is 0 Å². The van der Waals surface area contributed by atoms with Gasteiger partial charge in [-0.3, -0.25) is 9.78 Å². The molecule has 1 aromatic carbocycles. The Labute approximate surface area is 116 Å². The molecule has 2 heterocycles. The van der Waals surface area contributed by atoms with Crippen molar-refractivity contribution in [1.82, 2.24) is 4.98 Å². The van der Waals surface area contributed by atoms with Crippen molar-refractivity contribution < 1.29 is 9.53 Å². The zero-order chi connectivity index (χ0) is 13.2. The molecule has 0 aliphatic carbocycles. The van der Waals surface area contributed by atoms with Gasteiger partial charge in [-0.05, 0) is 17.7 Å². The fraction of sp³-hybridized carbons (Fsp3) is 0.200. The van der Waals surface area contributed by atoms with Gasteiger partial charge in [0.15, 0.2) is 5.78 Å². The van der Waals surface area contributed by atoms with Crippen LogP contribution in [0, 0.1) is 0 Å². The van der Waals surface area contributed by atoms with Gasteiger partial charge in [0.1, 0.15) is 5.75 Å². The number of carbonyl (C=O) groups is 1. The van der Waals surface area contributed by atoms with Gasteiger partial charge in [-0.15, -0.1) is 11.8 Å². The summed E-state index contributed by atoms with van der Waals surface area (Å²) in [6, 6.07) is 9.84. The Kier molecular flexibility index (Phi) is 3.25. The fourth-order valence-corrected chi connectivity index (χ4v) is 3.47. The molecule has 1 aliphatic heterocycles. The highest BCUT2D eigenvalue weighted by Crippen LogP contribution is 2.40. The first-order valence-electron chi connectivity index (χ1n) is 6.04. The molecule has 0 saturated heterocycles. The van der Waals surface area contributed by atoms with Crippen molar-refractivity contribution >= 4 is 17.5 Å². The monoisotopic (exact) mass is 271 g/mol. The molecule has 96 valence electrons. The number of methoxy groups -OCH3 is 1. The predicted molar refractivity (Wildman–Crippen MR) is 75.0 cm³/mol. The molecule has 3 rings (SSSR count). The van der Waals surface area contributed by atoms with Gasteiger partial charge in [-0.25, -0.2) is 0 Å². The summed E-state index contributed by atoms with van der Waals surface area (Å²) < 4.78 is 5.12. The molecule has 0 fully saturated rings. The first-order valence-corrected chi connectivity index (χ1v) is 7.03. The van der Waals surface area contributed by atoms with E-state index in [1.54, 1.807) is 37.3 Å². The number of hydrogen-bond acceptors (Lipinski definition) is 4. The van der Waals surface area contributed by atoms with Gasteiger partial charge in [0.2, 0.25) is 0 Å². The second kappa shape index (κ2) is 5.05. The summed E-state index contributed by atoms with van der Waals surface area (Å²) in [5, 5.41) is 0. The van der Waals surface area contributed by atoms with Gasteiger partial charge in [-0.2, -0.15) is 0 Å². The Morgan fingerprint density at radius 1 is 1.37 bits per heavy atom. The standard InChI is InChI=1S/C15H13NO2S/c1-18-11-6-10(7-16-8-11)15(17)13-9-19-14-5-3-2-4-12(13)14/h2-8,13H,9H2,1H3. The number of ketones is 1. The Morgan fingerprint density at radius 2 is 2.21 bits per heavy atom. The molecule has 1 aromatic heterocycles. The van der Waals surface area contributed by atoms with Crippen LogP contribution in [-0.4, -0.2) is 23.6 Å². The number of nitrogens with zero attached hydrogens (tertiary/aromatic N) is 1. The highest BCUT2D eigenvalue weighted by molar-refractivity contribution is 7.99. The molecule has 0 N–H and O–H groups in total. The molecule has 0 spiro atoms. The molecule has 0 amide bonds. The highest BCUT2D eigenvalue weighted by atomic mass is 32.2. The molecule has 4 heteroatoms. The van der Waals surface area contributed by atoms with Crippen LogP contribution in [0.3, 0.4) is 0 Å². The van der Waals surface area contributed by atoms with Crippen molar-refractivity contribution in [3.63, 3.8) is 0 Å². The minimum atomic E-state index is -0.0740. The minimum Gasteiger partial charge on any atom is -0.495 e. The van der Waals surface area contributed by atoms with Crippen LogP contribution in [0.5, 0.6) is 5.75 Å². The van der Waals surface area contributed by atoms with Crippen molar-refractivity contribution in [2.45, 2.75) is 10.8 Å². The van der Waals surface area contributed by atoms with Crippen LogP contribution in [0.4, 0.5) is 0 Å². The number of carbonyl (C=O) groups excluding carboxylic acids is 1. The summed E-state index contributed by atoms with van der Waals surface area (Å²) in [4.78, 5) is 17.8. The topological polar surface area (TPSA) is 39.2 Å². The Balaban J connectivity index is 1.93. The number of pyridine rings is 1. The van der Waals surface area contributed by atoms with Crippen molar-refractivity contribution in [1.29, 1.82) is 0 Å². The van der Waals surface area contributed by atoms with Crippen LogP contribution in [0.25, 0.3) is 0 Å². The maximum Gasteiger partial charge on any atom is 0.172 e. The van der Waals surface area contributed by atoms with Crippen LogP contribution in [0.15, 0.2) is 47.6 Å². The lowest BCUT2D eigenvalue weighted by atomic mass is 9.93. The quantitative estimate of drug-likeness (QED) is 0.804. The van der Waals surface area contributed by atoms with E-state index in [2.05, 4.69) is 11.1 Å². The first-order chi connectivity index (χ1) is 9.29. The number of benzene rings is 1. The molecular formula is C15H13NO2S. The van der Waals surface area contributed by atoms with E-state index in [9.17, 15) is 4.79 Å². The van der Waals surface area contributed by atoms with Crippen molar-refractivity contribution in [3.05, 3.63) is 53.9 Å². The summed E-state index contributed by atoms with van der Waals surface area (Å²) >= 11 is 1.74. The summed E-state index contributed by atoms with van der Waals surface area (Å²) in [5.74, 6) is 1.46. The average molecular weight is 271 g/mol. The van der Waals surface area contributed by atoms with E-state index in [0.29, 0.717) is 11.3 Å². The lowest BCUT2D eigenvalue weighted by Crippen LogP contribution is -2.12. The molecule has 1 unspecified atom stereocenters. The number of fused-ring (bicyclic) bond motifs is 1. The van der Waals surface area contributed by atoms with Gasteiger partial charge < -0.3 is 4.74 Å². The predicted octanol–water partition coefficient (Wildman–Crippen LogP) is 3.16.